The standard InChI is InChI=1S/C27H24ClN5O2S/c1-17-15-32(19(3)30-17)25-10-8-21(20-6-5-7-23(12-20)36(4,34)35)13-24(25)27-31-18(2)16-33(27)22-9-11-26(28)29-14-22/h5-16H,1-4H3. The molecule has 9 heteroatoms. The van der Waals surface area contributed by atoms with Crippen LogP contribution in [0.25, 0.3) is 33.9 Å². The molecule has 7 nitrogen and oxygen atoms in total. The van der Waals surface area contributed by atoms with E-state index in [2.05, 4.69) is 9.97 Å². The number of hydrogen-bond acceptors (Lipinski definition) is 5. The molecular weight excluding hydrogens is 494 g/mol. The monoisotopic (exact) mass is 517 g/mol. The average molecular weight is 518 g/mol. The Kier molecular flexibility index (Phi) is 6.02. The van der Waals surface area contributed by atoms with Crippen LogP contribution in [0, 0.1) is 20.8 Å². The third-order valence-electron chi connectivity index (χ3n) is 5.91. The highest BCUT2D eigenvalue weighted by Gasteiger charge is 2.19. The number of benzene rings is 2. The lowest BCUT2D eigenvalue weighted by Gasteiger charge is -2.16. The van der Waals surface area contributed by atoms with Crippen molar-refractivity contribution in [1.82, 2.24) is 24.1 Å². The quantitative estimate of drug-likeness (QED) is 0.276. The fourth-order valence-corrected chi connectivity index (χ4v) is 5.05. The predicted octanol–water partition coefficient (Wildman–Crippen LogP) is 5.77. The number of aryl methyl sites for hydroxylation is 3. The minimum Gasteiger partial charge on any atom is -0.303 e. The number of nitrogens with zero attached hydrogens (tertiary/aromatic N) is 5. The van der Waals surface area contributed by atoms with E-state index in [1.165, 1.54) is 6.26 Å². The van der Waals surface area contributed by atoms with Gasteiger partial charge in [0, 0.05) is 24.2 Å². The normalized spacial score (nSPS) is 11.7. The SMILES string of the molecule is Cc1cn(-c2ccc(-c3cccc(S(C)(=O)=O)c3)cc2-c2nc(C)cn2-c2ccc(Cl)nc2)c(C)n1. The number of hydrogen-bond donors (Lipinski definition) is 0. The van der Waals surface area contributed by atoms with Crippen LogP contribution in [-0.4, -0.2) is 38.8 Å². The molecule has 5 rings (SSSR count). The first kappa shape index (κ1) is 24.0. The van der Waals surface area contributed by atoms with Crippen molar-refractivity contribution in [3.05, 3.63) is 95.6 Å². The molecule has 182 valence electrons. The zero-order valence-electron chi connectivity index (χ0n) is 20.3. The molecule has 0 amide bonds. The molecule has 5 aromatic rings. The highest BCUT2D eigenvalue weighted by molar-refractivity contribution is 7.90. The summed E-state index contributed by atoms with van der Waals surface area (Å²) >= 11 is 6.03. The molecule has 0 unspecified atom stereocenters. The van der Waals surface area contributed by atoms with E-state index in [1.54, 1.807) is 30.5 Å². The van der Waals surface area contributed by atoms with E-state index < -0.39 is 9.84 Å². The summed E-state index contributed by atoms with van der Waals surface area (Å²) < 4.78 is 28.4. The van der Waals surface area contributed by atoms with Crippen LogP contribution in [0.5, 0.6) is 0 Å². The molecule has 0 N–H and O–H groups in total. The van der Waals surface area contributed by atoms with Crippen LogP contribution in [0.4, 0.5) is 0 Å². The smallest absolute Gasteiger partial charge is 0.175 e. The lowest BCUT2D eigenvalue weighted by Crippen LogP contribution is -2.03. The number of pyridine rings is 1. The average Bonchev–Trinajstić information content (AvgIpc) is 3.39. The first-order chi connectivity index (χ1) is 17.1. The summed E-state index contributed by atoms with van der Waals surface area (Å²) in [5, 5.41) is 0.412. The second-order valence-corrected chi connectivity index (χ2v) is 11.1. The van der Waals surface area contributed by atoms with Gasteiger partial charge in [-0.2, -0.15) is 0 Å². The Hall–Kier alpha value is -3.75. The molecule has 0 saturated carbocycles. The van der Waals surface area contributed by atoms with Crippen molar-refractivity contribution >= 4 is 21.4 Å². The fraction of sp³-hybridized carbons (Fsp3) is 0.148. The lowest BCUT2D eigenvalue weighted by molar-refractivity contribution is 0.602. The molecule has 3 aromatic heterocycles. The maximum absolute atomic E-state index is 12.2. The maximum Gasteiger partial charge on any atom is 0.175 e. The van der Waals surface area contributed by atoms with Gasteiger partial charge in [0.2, 0.25) is 0 Å². The number of halogens is 1. The summed E-state index contributed by atoms with van der Waals surface area (Å²) in [6, 6.07) is 16.6. The van der Waals surface area contributed by atoms with Crippen LogP contribution in [0.1, 0.15) is 17.2 Å². The van der Waals surface area contributed by atoms with Crippen molar-refractivity contribution in [3.63, 3.8) is 0 Å². The first-order valence-electron chi connectivity index (χ1n) is 11.3. The summed E-state index contributed by atoms with van der Waals surface area (Å²) in [5.74, 6) is 1.57. The number of imidazole rings is 2. The molecule has 0 radical (unpaired) electrons. The molecule has 0 fully saturated rings. The number of aromatic nitrogens is 5. The highest BCUT2D eigenvalue weighted by Crippen LogP contribution is 2.34. The molecule has 0 aliphatic heterocycles. The summed E-state index contributed by atoms with van der Waals surface area (Å²) in [6.45, 7) is 5.86. The van der Waals surface area contributed by atoms with Gasteiger partial charge >= 0.3 is 0 Å². The van der Waals surface area contributed by atoms with Crippen LogP contribution >= 0.6 is 11.6 Å². The summed E-state index contributed by atoms with van der Waals surface area (Å²) in [4.78, 5) is 14.0. The minimum absolute atomic E-state index is 0.274. The third-order valence-corrected chi connectivity index (χ3v) is 7.25. The van der Waals surface area contributed by atoms with Gasteiger partial charge in [0.1, 0.15) is 16.8 Å². The van der Waals surface area contributed by atoms with E-state index >= 15 is 0 Å². The molecule has 3 heterocycles. The fourth-order valence-electron chi connectivity index (χ4n) is 4.27. The lowest BCUT2D eigenvalue weighted by atomic mass is 10.0. The van der Waals surface area contributed by atoms with Gasteiger partial charge in [-0.05, 0) is 68.3 Å². The van der Waals surface area contributed by atoms with Gasteiger partial charge < -0.3 is 4.57 Å². The topological polar surface area (TPSA) is 82.7 Å². The van der Waals surface area contributed by atoms with E-state index in [4.69, 9.17) is 16.6 Å². The molecular formula is C27H24ClN5O2S. The molecule has 0 aliphatic rings. The van der Waals surface area contributed by atoms with Gasteiger partial charge in [-0.25, -0.2) is 23.4 Å². The van der Waals surface area contributed by atoms with Crippen LogP contribution in [0.3, 0.4) is 0 Å². The van der Waals surface area contributed by atoms with Crippen molar-refractivity contribution in [1.29, 1.82) is 0 Å². The van der Waals surface area contributed by atoms with Crippen LogP contribution in [-0.2, 0) is 9.84 Å². The molecule has 36 heavy (non-hydrogen) atoms. The van der Waals surface area contributed by atoms with Crippen molar-refractivity contribution in [2.75, 3.05) is 6.26 Å². The van der Waals surface area contributed by atoms with E-state index in [0.29, 0.717) is 5.15 Å². The Balaban J connectivity index is 1.77. The number of sulfone groups is 1. The van der Waals surface area contributed by atoms with Crippen molar-refractivity contribution in [2.24, 2.45) is 0 Å². The molecule has 0 spiro atoms. The van der Waals surface area contributed by atoms with Crippen LogP contribution in [0.2, 0.25) is 5.15 Å². The summed E-state index contributed by atoms with van der Waals surface area (Å²) in [6.07, 6.45) is 6.86. The van der Waals surface area contributed by atoms with Gasteiger partial charge in [-0.3, -0.25) is 4.57 Å². The van der Waals surface area contributed by atoms with Gasteiger partial charge in [-0.1, -0.05) is 29.8 Å². The van der Waals surface area contributed by atoms with Crippen molar-refractivity contribution < 1.29 is 8.42 Å². The van der Waals surface area contributed by atoms with Crippen molar-refractivity contribution in [3.8, 4) is 33.9 Å². The summed E-state index contributed by atoms with van der Waals surface area (Å²) in [7, 11) is -3.34. The Morgan fingerprint density at radius 1 is 0.833 bits per heavy atom. The second kappa shape index (κ2) is 9.04. The minimum atomic E-state index is -3.34. The predicted molar refractivity (Wildman–Crippen MR) is 142 cm³/mol. The van der Waals surface area contributed by atoms with Crippen LogP contribution < -0.4 is 0 Å². The Morgan fingerprint density at radius 2 is 1.56 bits per heavy atom. The Labute approximate surface area is 215 Å². The molecule has 0 aliphatic carbocycles. The first-order valence-corrected chi connectivity index (χ1v) is 13.5. The van der Waals surface area contributed by atoms with Gasteiger partial charge in [0.25, 0.3) is 0 Å². The van der Waals surface area contributed by atoms with E-state index in [9.17, 15) is 8.42 Å². The highest BCUT2D eigenvalue weighted by atomic mass is 35.5. The van der Waals surface area contributed by atoms with E-state index in [-0.39, 0.29) is 4.90 Å². The third kappa shape index (κ3) is 4.57. The molecule has 0 atom stereocenters. The van der Waals surface area contributed by atoms with E-state index in [1.807, 2.05) is 72.6 Å². The maximum atomic E-state index is 12.2. The van der Waals surface area contributed by atoms with Crippen LogP contribution in [0.15, 0.2) is 78.1 Å². The van der Waals surface area contributed by atoms with Gasteiger partial charge in [0.15, 0.2) is 9.84 Å². The van der Waals surface area contributed by atoms with Gasteiger partial charge in [0.05, 0.1) is 33.9 Å². The second-order valence-electron chi connectivity index (χ2n) is 8.75. The molecule has 0 saturated heterocycles. The zero-order valence-corrected chi connectivity index (χ0v) is 21.8. The van der Waals surface area contributed by atoms with Crippen molar-refractivity contribution in [2.45, 2.75) is 25.7 Å². The summed E-state index contributed by atoms with van der Waals surface area (Å²) in [5.41, 5.74) is 6.01. The molecule has 0 bridgehead atoms. The Morgan fingerprint density at radius 3 is 2.22 bits per heavy atom. The molecule has 2 aromatic carbocycles. The Bertz CT molecular complexity index is 1700. The largest absolute Gasteiger partial charge is 0.303 e. The number of rotatable bonds is 5. The van der Waals surface area contributed by atoms with Gasteiger partial charge in [-0.15, -0.1) is 0 Å². The van der Waals surface area contributed by atoms with E-state index in [0.717, 1.165) is 51.1 Å². The zero-order chi connectivity index (χ0) is 25.6.